The Kier molecular flexibility index (Phi) is 2.26. The highest BCUT2D eigenvalue weighted by atomic mass is 16.3. The van der Waals surface area contributed by atoms with Crippen LogP contribution in [0.25, 0.3) is 0 Å². The van der Waals surface area contributed by atoms with Crippen LogP contribution in [0.5, 0.6) is 0 Å². The number of carbonyl (C=O) groups excluding carboxylic acids is 1. The Morgan fingerprint density at radius 3 is 2.93 bits per heavy atom. The quantitative estimate of drug-likeness (QED) is 0.641. The fourth-order valence-corrected chi connectivity index (χ4v) is 2.84. The number of allylic oxidation sites excluding steroid dienone is 1. The third kappa shape index (κ3) is 1.42. The van der Waals surface area contributed by atoms with Crippen LogP contribution in [0.2, 0.25) is 0 Å². The van der Waals surface area contributed by atoms with Crippen LogP contribution in [-0.4, -0.2) is 17.0 Å². The molecule has 14 heavy (non-hydrogen) atoms. The lowest BCUT2D eigenvalue weighted by molar-refractivity contribution is -0.116. The summed E-state index contributed by atoms with van der Waals surface area (Å²) < 4.78 is 0. The van der Waals surface area contributed by atoms with Gasteiger partial charge < -0.3 is 5.11 Å². The maximum atomic E-state index is 11.4. The lowest BCUT2D eigenvalue weighted by Gasteiger charge is -2.44. The van der Waals surface area contributed by atoms with Gasteiger partial charge in [-0.1, -0.05) is 19.4 Å². The van der Waals surface area contributed by atoms with Crippen LogP contribution in [0.3, 0.4) is 0 Å². The van der Waals surface area contributed by atoms with Crippen molar-refractivity contribution in [2.45, 2.75) is 45.6 Å². The Hall–Kier alpha value is -0.630. The molecule has 2 heteroatoms. The van der Waals surface area contributed by atoms with Gasteiger partial charge in [-0.15, -0.1) is 0 Å². The number of carbonyl (C=O) groups is 1. The summed E-state index contributed by atoms with van der Waals surface area (Å²) in [6.07, 6.45) is 5.09. The van der Waals surface area contributed by atoms with E-state index in [9.17, 15) is 9.90 Å². The number of hydrogen-bond donors (Lipinski definition) is 1. The Morgan fingerprint density at radius 1 is 1.50 bits per heavy atom. The lowest BCUT2D eigenvalue weighted by Crippen LogP contribution is -2.38. The van der Waals surface area contributed by atoms with Crippen molar-refractivity contribution >= 4 is 5.78 Å². The normalized spacial score (nSPS) is 43.1. The number of hydrogen-bond acceptors (Lipinski definition) is 2. The summed E-state index contributed by atoms with van der Waals surface area (Å²) in [6.45, 7) is 4.26. The molecule has 0 unspecified atom stereocenters. The summed E-state index contributed by atoms with van der Waals surface area (Å²) in [4.78, 5) is 11.4. The monoisotopic (exact) mass is 194 g/mol. The fraction of sp³-hybridized carbons (Fsp3) is 0.750. The van der Waals surface area contributed by atoms with E-state index in [4.69, 9.17) is 0 Å². The van der Waals surface area contributed by atoms with E-state index in [1.54, 1.807) is 6.08 Å². The molecule has 0 amide bonds. The van der Waals surface area contributed by atoms with Gasteiger partial charge in [-0.05, 0) is 30.8 Å². The smallest absolute Gasteiger partial charge is 0.155 e. The van der Waals surface area contributed by atoms with Gasteiger partial charge in [-0.25, -0.2) is 0 Å². The van der Waals surface area contributed by atoms with Gasteiger partial charge in [0.15, 0.2) is 5.78 Å². The van der Waals surface area contributed by atoms with Crippen LogP contribution in [0.4, 0.5) is 0 Å². The van der Waals surface area contributed by atoms with Crippen molar-refractivity contribution in [1.82, 2.24) is 0 Å². The summed E-state index contributed by atoms with van der Waals surface area (Å²) >= 11 is 0. The molecule has 2 aliphatic rings. The van der Waals surface area contributed by atoms with E-state index >= 15 is 0 Å². The van der Waals surface area contributed by atoms with Gasteiger partial charge in [-0.3, -0.25) is 4.79 Å². The highest BCUT2D eigenvalue weighted by Gasteiger charge is 2.41. The van der Waals surface area contributed by atoms with Gasteiger partial charge in [-0.2, -0.15) is 0 Å². The minimum absolute atomic E-state index is 0.165. The first-order chi connectivity index (χ1) is 6.53. The molecule has 78 valence electrons. The van der Waals surface area contributed by atoms with Crippen molar-refractivity contribution in [3.8, 4) is 0 Å². The predicted octanol–water partition coefficient (Wildman–Crippen LogP) is 2.07. The van der Waals surface area contributed by atoms with Crippen LogP contribution in [0, 0.1) is 11.3 Å². The zero-order valence-electron chi connectivity index (χ0n) is 8.92. The first-order valence-corrected chi connectivity index (χ1v) is 5.46. The number of aliphatic hydroxyl groups is 1. The van der Waals surface area contributed by atoms with Crippen LogP contribution in [-0.2, 0) is 4.79 Å². The summed E-state index contributed by atoms with van der Waals surface area (Å²) in [5.41, 5.74) is 1.37. The SMILES string of the molecule is C[C@@H]1C2=CC(=O)CC[C@]2(C)CC[C@H]1O. The Balaban J connectivity index is 2.35. The fourth-order valence-electron chi connectivity index (χ4n) is 2.84. The summed E-state index contributed by atoms with van der Waals surface area (Å²) in [5.74, 6) is 0.399. The molecule has 1 N–H and O–H groups in total. The molecule has 3 atom stereocenters. The minimum atomic E-state index is -0.250. The second kappa shape index (κ2) is 3.20. The van der Waals surface area contributed by atoms with E-state index in [1.165, 1.54) is 5.57 Å². The van der Waals surface area contributed by atoms with E-state index in [-0.39, 0.29) is 23.2 Å². The number of fused-ring (bicyclic) bond motifs is 1. The lowest BCUT2D eigenvalue weighted by atomic mass is 9.61. The average Bonchev–Trinajstić information content (AvgIpc) is 2.16. The van der Waals surface area contributed by atoms with E-state index < -0.39 is 0 Å². The molecule has 2 nitrogen and oxygen atoms in total. The van der Waals surface area contributed by atoms with Crippen molar-refractivity contribution < 1.29 is 9.90 Å². The van der Waals surface area contributed by atoms with Crippen molar-refractivity contribution in [2.75, 3.05) is 0 Å². The van der Waals surface area contributed by atoms with Gasteiger partial charge in [0.1, 0.15) is 0 Å². The second-order valence-corrected chi connectivity index (χ2v) is 5.02. The van der Waals surface area contributed by atoms with Crippen LogP contribution < -0.4 is 0 Å². The molecule has 1 fully saturated rings. The third-order valence-electron chi connectivity index (χ3n) is 4.00. The molecule has 0 radical (unpaired) electrons. The van der Waals surface area contributed by atoms with E-state index in [2.05, 4.69) is 6.92 Å². The van der Waals surface area contributed by atoms with Gasteiger partial charge in [0.05, 0.1) is 6.10 Å². The van der Waals surface area contributed by atoms with E-state index in [0.717, 1.165) is 19.3 Å². The highest BCUT2D eigenvalue weighted by Crippen LogP contribution is 2.48. The van der Waals surface area contributed by atoms with Crippen molar-refractivity contribution in [2.24, 2.45) is 11.3 Å². The molecule has 1 saturated carbocycles. The molecule has 2 aliphatic carbocycles. The van der Waals surface area contributed by atoms with E-state index in [1.807, 2.05) is 6.92 Å². The van der Waals surface area contributed by atoms with Crippen LogP contribution >= 0.6 is 0 Å². The maximum Gasteiger partial charge on any atom is 0.155 e. The first-order valence-electron chi connectivity index (χ1n) is 5.46. The first kappa shape index (κ1) is 9.91. The molecular weight excluding hydrogens is 176 g/mol. The Labute approximate surface area is 85.0 Å². The van der Waals surface area contributed by atoms with Crippen LogP contribution in [0.1, 0.15) is 39.5 Å². The van der Waals surface area contributed by atoms with Crippen molar-refractivity contribution in [3.63, 3.8) is 0 Å². The van der Waals surface area contributed by atoms with Crippen molar-refractivity contribution in [1.29, 1.82) is 0 Å². The molecule has 0 aromatic rings. The van der Waals surface area contributed by atoms with Crippen molar-refractivity contribution in [3.05, 3.63) is 11.6 Å². The average molecular weight is 194 g/mol. The highest BCUT2D eigenvalue weighted by molar-refractivity contribution is 5.91. The topological polar surface area (TPSA) is 37.3 Å². The summed E-state index contributed by atoms with van der Waals surface area (Å²) in [7, 11) is 0. The zero-order valence-corrected chi connectivity index (χ0v) is 8.92. The van der Waals surface area contributed by atoms with Gasteiger partial charge in [0, 0.05) is 12.3 Å². The molecule has 0 spiro atoms. The summed E-state index contributed by atoms with van der Waals surface area (Å²) in [6, 6.07) is 0. The van der Waals surface area contributed by atoms with Gasteiger partial charge in [0.25, 0.3) is 0 Å². The zero-order chi connectivity index (χ0) is 10.3. The molecule has 0 aromatic carbocycles. The molecule has 0 aliphatic heterocycles. The molecule has 0 heterocycles. The predicted molar refractivity (Wildman–Crippen MR) is 54.8 cm³/mol. The minimum Gasteiger partial charge on any atom is -0.393 e. The molecule has 2 rings (SSSR count). The van der Waals surface area contributed by atoms with Gasteiger partial charge >= 0.3 is 0 Å². The maximum absolute atomic E-state index is 11.4. The molecule has 0 bridgehead atoms. The number of aliphatic hydroxyl groups excluding tert-OH is 1. The largest absolute Gasteiger partial charge is 0.393 e. The number of ketones is 1. The summed E-state index contributed by atoms with van der Waals surface area (Å²) in [5, 5.41) is 9.77. The molecular formula is C12H18O2. The second-order valence-electron chi connectivity index (χ2n) is 5.02. The van der Waals surface area contributed by atoms with Crippen LogP contribution in [0.15, 0.2) is 11.6 Å². The third-order valence-corrected chi connectivity index (χ3v) is 4.00. The van der Waals surface area contributed by atoms with E-state index in [0.29, 0.717) is 6.42 Å². The molecule has 0 saturated heterocycles. The number of rotatable bonds is 0. The Morgan fingerprint density at radius 2 is 2.21 bits per heavy atom. The van der Waals surface area contributed by atoms with Gasteiger partial charge in [0.2, 0.25) is 0 Å². The molecule has 0 aromatic heterocycles. The Bertz CT molecular complexity index is 293. The standard InChI is InChI=1S/C12H18O2/c1-8-10-7-9(13)3-5-12(10,2)6-4-11(8)14/h7-8,11,14H,3-6H2,1-2H3/t8-,11-,12-/m1/s1.